The third-order valence-corrected chi connectivity index (χ3v) is 7.69. The van der Waals surface area contributed by atoms with Gasteiger partial charge in [0.05, 0.1) is 28.7 Å². The standard InChI is InChI=1S/C15H11ClF6N2O3S2/c16-4-12(25)23-13-24(10-5-29(26,27)6-11(10)28-13)9-2-7(14(17,18)19)1-8(3-9)15(20,21)22/h1-3,10-11H,4-6H2/t10-,11-/m0/s1. The summed E-state index contributed by atoms with van der Waals surface area (Å²) in [5.74, 6) is -2.24. The molecule has 29 heavy (non-hydrogen) atoms. The first-order chi connectivity index (χ1) is 13.2. The fourth-order valence-electron chi connectivity index (χ4n) is 3.08. The Bertz CT molecular complexity index is 945. The molecule has 1 aromatic rings. The normalized spacial score (nSPS) is 25.5. The van der Waals surface area contributed by atoms with Gasteiger partial charge >= 0.3 is 12.4 Å². The van der Waals surface area contributed by atoms with Crippen LogP contribution in [0.15, 0.2) is 23.2 Å². The van der Waals surface area contributed by atoms with Crippen molar-refractivity contribution in [3.63, 3.8) is 0 Å². The van der Waals surface area contributed by atoms with Crippen LogP contribution in [0.5, 0.6) is 0 Å². The predicted octanol–water partition coefficient (Wildman–Crippen LogP) is 3.56. The van der Waals surface area contributed by atoms with Gasteiger partial charge in [0.25, 0.3) is 5.91 Å². The zero-order valence-electron chi connectivity index (χ0n) is 14.1. The number of hydrogen-bond donors (Lipinski definition) is 0. The highest BCUT2D eigenvalue weighted by atomic mass is 35.5. The van der Waals surface area contributed by atoms with E-state index in [1.165, 1.54) is 0 Å². The third kappa shape index (κ3) is 4.66. The summed E-state index contributed by atoms with van der Waals surface area (Å²) in [4.78, 5) is 16.2. The summed E-state index contributed by atoms with van der Waals surface area (Å²) in [5.41, 5.74) is -3.66. The molecule has 2 fully saturated rings. The lowest BCUT2D eigenvalue weighted by Crippen LogP contribution is -2.38. The second-order valence-corrected chi connectivity index (χ2v) is 9.98. The van der Waals surface area contributed by atoms with Crippen molar-refractivity contribution in [2.45, 2.75) is 23.6 Å². The van der Waals surface area contributed by atoms with Crippen LogP contribution in [0.4, 0.5) is 32.0 Å². The zero-order chi connectivity index (χ0) is 21.8. The number of alkyl halides is 7. The SMILES string of the molecule is O=C(CCl)N=C1S[C@H]2CS(=O)(=O)C[C@@H]2N1c1cc(C(F)(F)F)cc(C(F)(F)F)c1. The van der Waals surface area contributed by atoms with Gasteiger partial charge in [-0.15, -0.1) is 11.6 Å². The summed E-state index contributed by atoms with van der Waals surface area (Å²) < 4.78 is 103. The minimum Gasteiger partial charge on any atom is -0.316 e. The monoisotopic (exact) mass is 480 g/mol. The first kappa shape index (κ1) is 22.2. The Balaban J connectivity index is 2.18. The van der Waals surface area contributed by atoms with Crippen molar-refractivity contribution in [2.24, 2.45) is 4.99 Å². The Hall–Kier alpha value is -1.47. The molecule has 1 aromatic carbocycles. The molecule has 0 aromatic heterocycles. The van der Waals surface area contributed by atoms with Crippen molar-refractivity contribution in [3.05, 3.63) is 29.3 Å². The van der Waals surface area contributed by atoms with Gasteiger partial charge in [0.1, 0.15) is 5.88 Å². The van der Waals surface area contributed by atoms with Crippen molar-refractivity contribution in [3.8, 4) is 0 Å². The van der Waals surface area contributed by atoms with E-state index in [0.29, 0.717) is 12.1 Å². The number of anilines is 1. The van der Waals surface area contributed by atoms with Crippen molar-refractivity contribution in [1.29, 1.82) is 0 Å². The molecular formula is C15H11ClF6N2O3S2. The number of sulfone groups is 1. The molecule has 0 saturated carbocycles. The van der Waals surface area contributed by atoms with E-state index >= 15 is 0 Å². The number of thioether (sulfide) groups is 1. The van der Waals surface area contributed by atoms with Crippen LogP contribution in [0.1, 0.15) is 11.1 Å². The summed E-state index contributed by atoms with van der Waals surface area (Å²) in [6.07, 6.45) is -10.2. The average molecular weight is 481 g/mol. The first-order valence-corrected chi connectivity index (χ1v) is 11.1. The number of nitrogens with zero attached hydrogens (tertiary/aromatic N) is 2. The molecule has 0 N–H and O–H groups in total. The molecule has 1 amide bonds. The first-order valence-electron chi connectivity index (χ1n) is 7.84. The minimum atomic E-state index is -5.08. The summed E-state index contributed by atoms with van der Waals surface area (Å²) in [6.45, 7) is 0. The van der Waals surface area contributed by atoms with E-state index in [1.54, 1.807) is 0 Å². The van der Waals surface area contributed by atoms with Gasteiger partial charge in [-0.2, -0.15) is 31.3 Å². The van der Waals surface area contributed by atoms with Crippen molar-refractivity contribution in [1.82, 2.24) is 0 Å². The molecule has 0 spiro atoms. The molecule has 14 heteroatoms. The molecule has 2 heterocycles. The number of hydrogen-bond acceptors (Lipinski definition) is 4. The Morgan fingerprint density at radius 1 is 1.10 bits per heavy atom. The summed E-state index contributed by atoms with van der Waals surface area (Å²) >= 11 is 6.19. The van der Waals surface area contributed by atoms with Crippen molar-refractivity contribution in [2.75, 3.05) is 22.3 Å². The Morgan fingerprint density at radius 3 is 2.14 bits per heavy atom. The molecule has 160 valence electrons. The molecule has 2 aliphatic heterocycles. The van der Waals surface area contributed by atoms with Crippen molar-refractivity contribution >= 4 is 50.0 Å². The number of benzene rings is 1. The van der Waals surface area contributed by atoms with Gasteiger partial charge in [-0.1, -0.05) is 11.8 Å². The van der Waals surface area contributed by atoms with E-state index in [9.17, 15) is 39.6 Å². The molecule has 2 atom stereocenters. The van der Waals surface area contributed by atoms with Crippen LogP contribution in [-0.4, -0.2) is 48.2 Å². The number of fused-ring (bicyclic) bond motifs is 1. The van der Waals surface area contributed by atoms with Gasteiger partial charge < -0.3 is 4.90 Å². The van der Waals surface area contributed by atoms with Crippen LogP contribution < -0.4 is 4.90 Å². The zero-order valence-corrected chi connectivity index (χ0v) is 16.5. The lowest BCUT2D eigenvalue weighted by molar-refractivity contribution is -0.143. The minimum absolute atomic E-state index is 0.0314. The average Bonchev–Trinajstić information content (AvgIpc) is 3.03. The fraction of sp³-hybridized carbons (Fsp3) is 0.467. The summed E-state index contributed by atoms with van der Waals surface area (Å²) in [5, 5.41) is -0.876. The smallest absolute Gasteiger partial charge is 0.316 e. The van der Waals surface area contributed by atoms with Crippen LogP contribution >= 0.6 is 23.4 Å². The number of halogens is 7. The molecule has 0 bridgehead atoms. The number of rotatable bonds is 2. The highest BCUT2D eigenvalue weighted by molar-refractivity contribution is 8.16. The number of amidine groups is 1. The quantitative estimate of drug-likeness (QED) is 0.478. The van der Waals surface area contributed by atoms with E-state index < -0.39 is 67.8 Å². The largest absolute Gasteiger partial charge is 0.416 e. The van der Waals surface area contributed by atoms with E-state index in [4.69, 9.17) is 11.6 Å². The third-order valence-electron chi connectivity index (χ3n) is 4.25. The van der Waals surface area contributed by atoms with Gasteiger partial charge in [0, 0.05) is 10.9 Å². The molecule has 2 aliphatic rings. The van der Waals surface area contributed by atoms with Crippen molar-refractivity contribution < 1.29 is 39.6 Å². The lowest BCUT2D eigenvalue weighted by atomic mass is 10.1. The molecule has 0 aliphatic carbocycles. The maximum atomic E-state index is 13.2. The Morgan fingerprint density at radius 2 is 1.66 bits per heavy atom. The van der Waals surface area contributed by atoms with Gasteiger partial charge in [0.15, 0.2) is 15.0 Å². The van der Waals surface area contributed by atoms with E-state index in [-0.39, 0.29) is 17.0 Å². The number of carbonyl (C=O) groups is 1. The highest BCUT2D eigenvalue weighted by Crippen LogP contribution is 2.44. The van der Waals surface area contributed by atoms with Gasteiger partial charge in [0.2, 0.25) is 0 Å². The van der Waals surface area contributed by atoms with E-state index in [0.717, 1.165) is 16.7 Å². The van der Waals surface area contributed by atoms with Gasteiger partial charge in [-0.05, 0) is 18.2 Å². The molecule has 3 rings (SSSR count). The Kier molecular flexibility index (Phi) is 5.63. The predicted molar refractivity (Wildman–Crippen MR) is 95.9 cm³/mol. The molecular weight excluding hydrogens is 470 g/mol. The highest BCUT2D eigenvalue weighted by Gasteiger charge is 2.50. The van der Waals surface area contributed by atoms with Crippen LogP contribution in [0.3, 0.4) is 0 Å². The van der Waals surface area contributed by atoms with E-state index in [1.807, 2.05) is 0 Å². The maximum absolute atomic E-state index is 13.2. The lowest BCUT2D eigenvalue weighted by Gasteiger charge is -2.26. The summed E-state index contributed by atoms with van der Waals surface area (Å²) in [7, 11) is -3.55. The van der Waals surface area contributed by atoms with Crippen LogP contribution in [-0.2, 0) is 27.0 Å². The van der Waals surface area contributed by atoms with Crippen LogP contribution in [0.2, 0.25) is 0 Å². The van der Waals surface area contributed by atoms with Gasteiger partial charge in [-0.3, -0.25) is 4.79 Å². The second kappa shape index (κ2) is 7.34. The van der Waals surface area contributed by atoms with Crippen LogP contribution in [0, 0.1) is 0 Å². The van der Waals surface area contributed by atoms with Gasteiger partial charge in [-0.25, -0.2) is 8.42 Å². The number of aliphatic imine (C=N–C) groups is 1. The molecule has 2 saturated heterocycles. The topological polar surface area (TPSA) is 66.8 Å². The molecule has 0 radical (unpaired) electrons. The Labute approximate surface area is 170 Å². The van der Waals surface area contributed by atoms with E-state index in [2.05, 4.69) is 4.99 Å². The maximum Gasteiger partial charge on any atom is 0.416 e. The molecule has 0 unspecified atom stereocenters. The second-order valence-electron chi connectivity index (χ2n) is 6.36. The number of amides is 1. The summed E-state index contributed by atoms with van der Waals surface area (Å²) in [6, 6.07) is -0.0410. The fourth-order valence-corrected chi connectivity index (χ4v) is 7.07. The number of carbonyl (C=O) groups excluding carboxylic acids is 1. The van der Waals surface area contributed by atoms with Crippen LogP contribution in [0.25, 0.3) is 0 Å². The molecule has 5 nitrogen and oxygen atoms in total.